The van der Waals surface area contributed by atoms with E-state index in [-0.39, 0.29) is 0 Å². The summed E-state index contributed by atoms with van der Waals surface area (Å²) < 4.78 is 5.78. The smallest absolute Gasteiger partial charge is 0.107 e. The largest absolute Gasteiger partial charge is 0.469 e. The molecule has 0 spiro atoms. The molecular weight excluding hydrogens is 208 g/mol. The summed E-state index contributed by atoms with van der Waals surface area (Å²) in [7, 11) is 0. The highest BCUT2D eigenvalue weighted by molar-refractivity contribution is 5.43. The molecule has 1 heteroatoms. The first kappa shape index (κ1) is 9.99. The lowest BCUT2D eigenvalue weighted by atomic mass is 9.56. The van der Waals surface area contributed by atoms with Crippen molar-refractivity contribution in [1.82, 2.24) is 0 Å². The maximum atomic E-state index is 5.78. The van der Waals surface area contributed by atoms with Gasteiger partial charge in [-0.05, 0) is 53.6 Å². The number of allylic oxidation sites excluding steroid dienone is 1. The van der Waals surface area contributed by atoms with E-state index in [9.17, 15) is 0 Å². The second-order valence-electron chi connectivity index (χ2n) is 6.90. The number of hydrogen-bond acceptors (Lipinski definition) is 1. The average molecular weight is 228 g/mol. The van der Waals surface area contributed by atoms with E-state index in [0.717, 1.165) is 24.7 Å². The molecule has 1 nitrogen and oxygen atoms in total. The fraction of sp³-hybridized carbons (Fsp3) is 0.625. The van der Waals surface area contributed by atoms with Crippen molar-refractivity contribution in [2.75, 3.05) is 0 Å². The van der Waals surface area contributed by atoms with Gasteiger partial charge in [0.15, 0.2) is 0 Å². The normalized spacial score (nSPS) is 46.4. The van der Waals surface area contributed by atoms with Gasteiger partial charge in [0.1, 0.15) is 5.76 Å². The molecule has 3 aliphatic rings. The number of rotatable bonds is 0. The fourth-order valence-corrected chi connectivity index (χ4v) is 4.71. The molecule has 2 fully saturated rings. The van der Waals surface area contributed by atoms with Crippen molar-refractivity contribution >= 4 is 0 Å². The summed E-state index contributed by atoms with van der Waals surface area (Å²) >= 11 is 0. The second kappa shape index (κ2) is 2.55. The van der Waals surface area contributed by atoms with E-state index in [4.69, 9.17) is 4.42 Å². The van der Waals surface area contributed by atoms with E-state index in [1.807, 2.05) is 6.26 Å². The number of hydrogen-bond donors (Lipinski definition) is 0. The summed E-state index contributed by atoms with van der Waals surface area (Å²) in [4.78, 5) is 0. The van der Waals surface area contributed by atoms with Crippen LogP contribution < -0.4 is 0 Å². The van der Waals surface area contributed by atoms with Gasteiger partial charge in [-0.1, -0.05) is 26.0 Å². The van der Waals surface area contributed by atoms with Crippen LogP contribution in [0.2, 0.25) is 0 Å². The number of fused-ring (bicyclic) bond motifs is 4. The maximum absolute atomic E-state index is 5.78. The van der Waals surface area contributed by atoms with Gasteiger partial charge in [0, 0.05) is 6.42 Å². The molecule has 0 aromatic carbocycles. The third-order valence-corrected chi connectivity index (χ3v) is 6.27. The zero-order valence-electron chi connectivity index (χ0n) is 11.0. The highest BCUT2D eigenvalue weighted by Crippen LogP contribution is 2.75. The molecule has 0 unspecified atom stereocenters. The van der Waals surface area contributed by atoms with E-state index in [0.29, 0.717) is 10.8 Å². The predicted molar refractivity (Wildman–Crippen MR) is 67.8 cm³/mol. The van der Waals surface area contributed by atoms with Gasteiger partial charge in [0.2, 0.25) is 0 Å². The van der Waals surface area contributed by atoms with Gasteiger partial charge in [-0.2, -0.15) is 0 Å². The minimum Gasteiger partial charge on any atom is -0.469 e. The summed E-state index contributed by atoms with van der Waals surface area (Å²) in [6, 6.07) is 0. The van der Waals surface area contributed by atoms with Crippen LogP contribution in [0.1, 0.15) is 37.2 Å². The minimum absolute atomic E-state index is 0.308. The molecule has 0 N–H and O–H groups in total. The van der Waals surface area contributed by atoms with Crippen molar-refractivity contribution in [1.29, 1.82) is 0 Å². The number of aryl methyl sites for hydroxylation is 1. The Kier molecular flexibility index (Phi) is 1.50. The molecule has 0 saturated heterocycles. The standard InChI is InChI=1S/C16H20O/c1-9-8-17-14-7-16(4)13-5-11(13)10(2)15(16,3)6-12(9)14/h8,11,13H,2,5-7H2,1,3-4H3/t11-,13+,15-,16-/m0/s1. The van der Waals surface area contributed by atoms with Gasteiger partial charge in [-0.3, -0.25) is 0 Å². The lowest BCUT2D eigenvalue weighted by molar-refractivity contribution is 0.0848. The first-order valence-corrected chi connectivity index (χ1v) is 6.72. The average Bonchev–Trinajstić information content (AvgIpc) is 2.99. The fourth-order valence-electron chi connectivity index (χ4n) is 4.71. The van der Waals surface area contributed by atoms with Crippen LogP contribution in [0, 0.1) is 29.6 Å². The molecule has 2 saturated carbocycles. The molecule has 0 aliphatic heterocycles. The highest BCUT2D eigenvalue weighted by Gasteiger charge is 2.69. The SMILES string of the molecule is C=C1[C@@H]2C[C@H]2[C@]2(C)Cc3occ(C)c3C[C@@]12C. The molecule has 4 atom stereocenters. The van der Waals surface area contributed by atoms with Crippen molar-refractivity contribution in [3.05, 3.63) is 35.3 Å². The van der Waals surface area contributed by atoms with E-state index >= 15 is 0 Å². The van der Waals surface area contributed by atoms with Crippen LogP contribution in [-0.2, 0) is 12.8 Å². The van der Waals surface area contributed by atoms with E-state index < -0.39 is 0 Å². The monoisotopic (exact) mass is 228 g/mol. The van der Waals surface area contributed by atoms with Gasteiger partial charge in [-0.15, -0.1) is 0 Å². The van der Waals surface area contributed by atoms with Crippen molar-refractivity contribution in [2.24, 2.45) is 22.7 Å². The zero-order chi connectivity index (χ0) is 12.0. The summed E-state index contributed by atoms with van der Waals surface area (Å²) in [6.07, 6.45) is 5.57. The molecular formula is C16H20O. The van der Waals surface area contributed by atoms with E-state index in [1.165, 1.54) is 28.9 Å². The van der Waals surface area contributed by atoms with Gasteiger partial charge in [0.25, 0.3) is 0 Å². The summed E-state index contributed by atoms with van der Waals surface area (Å²) in [5, 5.41) is 0. The Morgan fingerprint density at radius 3 is 2.88 bits per heavy atom. The third-order valence-electron chi connectivity index (χ3n) is 6.27. The molecule has 3 aliphatic carbocycles. The Hall–Kier alpha value is -0.980. The Morgan fingerprint density at radius 2 is 2.12 bits per heavy atom. The van der Waals surface area contributed by atoms with Gasteiger partial charge in [-0.25, -0.2) is 0 Å². The quantitative estimate of drug-likeness (QED) is 0.614. The lowest BCUT2D eigenvalue weighted by Gasteiger charge is -2.47. The summed E-state index contributed by atoms with van der Waals surface area (Å²) in [5.74, 6) is 2.94. The summed E-state index contributed by atoms with van der Waals surface area (Å²) in [5.41, 5.74) is 5.02. The van der Waals surface area contributed by atoms with Crippen molar-refractivity contribution in [3.63, 3.8) is 0 Å². The van der Waals surface area contributed by atoms with Crippen LogP contribution >= 0.6 is 0 Å². The molecule has 1 aromatic rings. The van der Waals surface area contributed by atoms with E-state index in [1.54, 1.807) is 0 Å². The first-order valence-electron chi connectivity index (χ1n) is 6.72. The third kappa shape index (κ3) is 0.906. The van der Waals surface area contributed by atoms with Gasteiger partial charge in [0.05, 0.1) is 6.26 Å². The van der Waals surface area contributed by atoms with Crippen LogP contribution in [0.15, 0.2) is 22.8 Å². The molecule has 0 bridgehead atoms. The first-order chi connectivity index (χ1) is 7.97. The van der Waals surface area contributed by atoms with E-state index in [2.05, 4.69) is 27.4 Å². The molecule has 0 amide bonds. The number of furan rings is 1. The Bertz CT molecular complexity index is 538. The molecule has 1 aromatic heterocycles. The lowest BCUT2D eigenvalue weighted by Crippen LogP contribution is -2.43. The van der Waals surface area contributed by atoms with Gasteiger partial charge < -0.3 is 4.42 Å². The Balaban J connectivity index is 1.91. The zero-order valence-corrected chi connectivity index (χ0v) is 11.0. The van der Waals surface area contributed by atoms with Crippen molar-refractivity contribution in [2.45, 2.75) is 40.0 Å². The molecule has 1 heterocycles. The predicted octanol–water partition coefficient (Wildman–Crippen LogP) is 3.91. The van der Waals surface area contributed by atoms with Crippen LogP contribution in [0.5, 0.6) is 0 Å². The van der Waals surface area contributed by atoms with Crippen molar-refractivity contribution in [3.8, 4) is 0 Å². The van der Waals surface area contributed by atoms with Crippen LogP contribution in [0.4, 0.5) is 0 Å². The Labute approximate surface area is 103 Å². The molecule has 90 valence electrons. The molecule has 4 rings (SSSR count). The molecule has 0 radical (unpaired) electrons. The molecule has 17 heavy (non-hydrogen) atoms. The van der Waals surface area contributed by atoms with Crippen LogP contribution in [-0.4, -0.2) is 0 Å². The topological polar surface area (TPSA) is 13.1 Å². The van der Waals surface area contributed by atoms with Crippen molar-refractivity contribution < 1.29 is 4.42 Å². The maximum Gasteiger partial charge on any atom is 0.107 e. The summed E-state index contributed by atoms with van der Waals surface area (Å²) in [6.45, 7) is 11.5. The second-order valence-corrected chi connectivity index (χ2v) is 6.90. The van der Waals surface area contributed by atoms with Crippen LogP contribution in [0.25, 0.3) is 0 Å². The van der Waals surface area contributed by atoms with Crippen LogP contribution in [0.3, 0.4) is 0 Å². The Morgan fingerprint density at radius 1 is 1.35 bits per heavy atom. The van der Waals surface area contributed by atoms with Gasteiger partial charge >= 0.3 is 0 Å². The minimum atomic E-state index is 0.308. The highest BCUT2D eigenvalue weighted by atomic mass is 16.3.